The Bertz CT molecular complexity index is 627. The molecule has 0 aliphatic heterocycles. The third kappa shape index (κ3) is 4.32. The number of hydrogen-bond donors (Lipinski definition) is 1. The molecule has 1 aromatic heterocycles. The largest absolute Gasteiger partial charge is 0.380 e. The summed E-state index contributed by atoms with van der Waals surface area (Å²) >= 11 is 6.19. The van der Waals surface area contributed by atoms with Crippen LogP contribution in [0.15, 0.2) is 30.3 Å². The molecule has 1 heterocycles. The van der Waals surface area contributed by atoms with Gasteiger partial charge >= 0.3 is 0 Å². The first-order valence-electron chi connectivity index (χ1n) is 7.24. The number of amides is 1. The van der Waals surface area contributed by atoms with Crippen LogP contribution in [0.5, 0.6) is 0 Å². The van der Waals surface area contributed by atoms with Crippen LogP contribution in [-0.2, 0) is 11.3 Å². The Balaban J connectivity index is 2.15. The van der Waals surface area contributed by atoms with Crippen molar-refractivity contribution in [3.63, 3.8) is 0 Å². The molecule has 2 aromatic rings. The first-order valence-corrected chi connectivity index (χ1v) is 7.62. The second-order valence-electron chi connectivity index (χ2n) is 4.95. The molecule has 1 amide bonds. The molecule has 22 heavy (non-hydrogen) atoms. The van der Waals surface area contributed by atoms with E-state index in [-0.39, 0.29) is 5.91 Å². The maximum Gasteiger partial charge on any atom is 0.274 e. The molecule has 0 aliphatic carbocycles. The Labute approximate surface area is 135 Å². The van der Waals surface area contributed by atoms with Crippen LogP contribution in [-0.4, -0.2) is 40.8 Å². The minimum Gasteiger partial charge on any atom is -0.380 e. The quantitative estimate of drug-likeness (QED) is 0.797. The summed E-state index contributed by atoms with van der Waals surface area (Å²) in [5, 5.41) is 7.48. The summed E-state index contributed by atoms with van der Waals surface area (Å²) in [5.74, 6) is -0.135. The van der Waals surface area contributed by atoms with Gasteiger partial charge in [0.15, 0.2) is 0 Å². The Morgan fingerprint density at radius 2 is 2.18 bits per heavy atom. The van der Waals surface area contributed by atoms with E-state index in [1.807, 2.05) is 38.1 Å². The van der Waals surface area contributed by atoms with E-state index in [0.29, 0.717) is 37.0 Å². The fourth-order valence-electron chi connectivity index (χ4n) is 2.09. The molecule has 0 aliphatic rings. The number of hydrogen-bond acceptors (Lipinski definition) is 3. The molecule has 2 rings (SSSR count). The van der Waals surface area contributed by atoms with Crippen molar-refractivity contribution in [2.75, 3.05) is 19.8 Å². The summed E-state index contributed by atoms with van der Waals surface area (Å²) in [6.07, 6.45) is 0. The molecule has 1 aromatic carbocycles. The van der Waals surface area contributed by atoms with Crippen LogP contribution >= 0.6 is 11.6 Å². The summed E-state index contributed by atoms with van der Waals surface area (Å²) in [6.45, 7) is 5.81. The molecular weight excluding hydrogens is 302 g/mol. The lowest BCUT2D eigenvalue weighted by Gasteiger charge is -2.22. The highest BCUT2D eigenvalue weighted by Crippen LogP contribution is 2.18. The van der Waals surface area contributed by atoms with Gasteiger partial charge in [0.25, 0.3) is 5.91 Å². The minimum atomic E-state index is -0.135. The predicted octanol–water partition coefficient (Wildman–Crippen LogP) is 3.05. The molecule has 118 valence electrons. The Hall–Kier alpha value is -1.85. The van der Waals surface area contributed by atoms with E-state index in [4.69, 9.17) is 16.3 Å². The van der Waals surface area contributed by atoms with E-state index in [0.717, 1.165) is 11.3 Å². The van der Waals surface area contributed by atoms with Crippen LogP contribution in [0.3, 0.4) is 0 Å². The number of aryl methyl sites for hydroxylation is 1. The highest BCUT2D eigenvalue weighted by atomic mass is 35.5. The Morgan fingerprint density at radius 3 is 2.82 bits per heavy atom. The van der Waals surface area contributed by atoms with E-state index in [1.165, 1.54) is 0 Å². The van der Waals surface area contributed by atoms with Crippen LogP contribution in [0.25, 0.3) is 0 Å². The lowest BCUT2D eigenvalue weighted by Crippen LogP contribution is -2.34. The topological polar surface area (TPSA) is 58.2 Å². The molecule has 0 radical (unpaired) electrons. The van der Waals surface area contributed by atoms with Gasteiger partial charge in [0.1, 0.15) is 5.69 Å². The van der Waals surface area contributed by atoms with Crippen molar-refractivity contribution in [2.45, 2.75) is 20.4 Å². The molecule has 5 nitrogen and oxygen atoms in total. The lowest BCUT2D eigenvalue weighted by atomic mass is 10.2. The Kier molecular flexibility index (Phi) is 5.98. The van der Waals surface area contributed by atoms with E-state index in [9.17, 15) is 4.79 Å². The number of benzene rings is 1. The predicted molar refractivity (Wildman–Crippen MR) is 86.0 cm³/mol. The summed E-state index contributed by atoms with van der Waals surface area (Å²) < 4.78 is 5.37. The lowest BCUT2D eigenvalue weighted by molar-refractivity contribution is 0.0636. The standard InChI is InChI=1S/C16H20ClN3O2/c1-3-22-9-8-20(11-13-6-4-5-7-14(13)17)16(21)15-10-12(2)18-19-15/h4-7,10H,3,8-9,11H2,1-2H3,(H,18,19). The van der Waals surface area contributed by atoms with Crippen molar-refractivity contribution < 1.29 is 9.53 Å². The van der Waals surface area contributed by atoms with Crippen LogP contribution in [0.1, 0.15) is 28.7 Å². The summed E-state index contributed by atoms with van der Waals surface area (Å²) in [5.41, 5.74) is 2.16. The third-order valence-electron chi connectivity index (χ3n) is 3.24. The highest BCUT2D eigenvalue weighted by Gasteiger charge is 2.19. The number of carbonyl (C=O) groups is 1. The van der Waals surface area contributed by atoms with E-state index < -0.39 is 0 Å². The van der Waals surface area contributed by atoms with Gasteiger partial charge < -0.3 is 9.64 Å². The van der Waals surface area contributed by atoms with Gasteiger partial charge in [-0.15, -0.1) is 0 Å². The zero-order valence-corrected chi connectivity index (χ0v) is 13.6. The second kappa shape index (κ2) is 7.96. The number of H-pyrrole nitrogens is 1. The molecule has 6 heteroatoms. The van der Waals surface area contributed by atoms with Gasteiger partial charge in [0.05, 0.1) is 6.61 Å². The Morgan fingerprint density at radius 1 is 1.41 bits per heavy atom. The van der Waals surface area contributed by atoms with Gasteiger partial charge in [-0.1, -0.05) is 29.8 Å². The number of halogens is 1. The van der Waals surface area contributed by atoms with Gasteiger partial charge in [-0.2, -0.15) is 5.10 Å². The first-order chi connectivity index (χ1) is 10.6. The fraction of sp³-hybridized carbons (Fsp3) is 0.375. The van der Waals surface area contributed by atoms with Gasteiger partial charge in [-0.05, 0) is 31.5 Å². The molecule has 0 atom stereocenters. The number of nitrogens with one attached hydrogen (secondary N) is 1. The molecule has 0 bridgehead atoms. The van der Waals surface area contributed by atoms with Crippen molar-refractivity contribution in [3.05, 3.63) is 52.3 Å². The summed E-state index contributed by atoms with van der Waals surface area (Å²) in [7, 11) is 0. The van der Waals surface area contributed by atoms with Crippen molar-refractivity contribution in [3.8, 4) is 0 Å². The SMILES string of the molecule is CCOCCN(Cc1ccccc1Cl)C(=O)c1cc(C)[nH]n1. The maximum absolute atomic E-state index is 12.6. The van der Waals surface area contributed by atoms with Crippen LogP contribution in [0.4, 0.5) is 0 Å². The van der Waals surface area contributed by atoms with E-state index >= 15 is 0 Å². The average Bonchev–Trinajstić information content (AvgIpc) is 2.94. The first kappa shape index (κ1) is 16.5. The average molecular weight is 322 g/mol. The molecule has 0 saturated carbocycles. The molecule has 0 fully saturated rings. The van der Waals surface area contributed by atoms with Crippen LogP contribution < -0.4 is 0 Å². The van der Waals surface area contributed by atoms with Gasteiger partial charge in [-0.3, -0.25) is 9.89 Å². The van der Waals surface area contributed by atoms with Crippen LogP contribution in [0, 0.1) is 6.92 Å². The van der Waals surface area contributed by atoms with Crippen molar-refractivity contribution in [1.29, 1.82) is 0 Å². The number of nitrogens with zero attached hydrogens (tertiary/aromatic N) is 2. The van der Waals surface area contributed by atoms with Crippen LogP contribution in [0.2, 0.25) is 5.02 Å². The van der Waals surface area contributed by atoms with E-state index in [2.05, 4.69) is 10.2 Å². The van der Waals surface area contributed by atoms with Crippen molar-refractivity contribution in [2.24, 2.45) is 0 Å². The fourth-order valence-corrected chi connectivity index (χ4v) is 2.29. The molecular formula is C16H20ClN3O2. The molecule has 0 saturated heterocycles. The van der Waals surface area contributed by atoms with Gasteiger partial charge in [-0.25, -0.2) is 0 Å². The molecule has 0 spiro atoms. The van der Waals surface area contributed by atoms with E-state index in [1.54, 1.807) is 11.0 Å². The van der Waals surface area contributed by atoms with Crippen molar-refractivity contribution >= 4 is 17.5 Å². The zero-order valence-electron chi connectivity index (χ0n) is 12.8. The molecule has 0 unspecified atom stereocenters. The smallest absolute Gasteiger partial charge is 0.274 e. The summed E-state index contributed by atoms with van der Waals surface area (Å²) in [6, 6.07) is 9.25. The number of aromatic amines is 1. The minimum absolute atomic E-state index is 0.135. The van der Waals surface area contributed by atoms with Crippen molar-refractivity contribution in [1.82, 2.24) is 15.1 Å². The number of carbonyl (C=O) groups excluding carboxylic acids is 1. The number of rotatable bonds is 7. The second-order valence-corrected chi connectivity index (χ2v) is 5.36. The third-order valence-corrected chi connectivity index (χ3v) is 3.61. The number of ether oxygens (including phenoxy) is 1. The highest BCUT2D eigenvalue weighted by molar-refractivity contribution is 6.31. The van der Waals surface area contributed by atoms with Gasteiger partial charge in [0, 0.05) is 30.4 Å². The number of aromatic nitrogens is 2. The molecule has 1 N–H and O–H groups in total. The van der Waals surface area contributed by atoms with Gasteiger partial charge in [0.2, 0.25) is 0 Å². The monoisotopic (exact) mass is 321 g/mol. The zero-order chi connectivity index (χ0) is 15.9. The summed E-state index contributed by atoms with van der Waals surface area (Å²) in [4.78, 5) is 14.3. The maximum atomic E-state index is 12.6. The normalized spacial score (nSPS) is 10.7.